The van der Waals surface area contributed by atoms with Crippen LogP contribution < -0.4 is 0 Å². The summed E-state index contributed by atoms with van der Waals surface area (Å²) < 4.78 is 4.73. The minimum absolute atomic E-state index is 0.956. The van der Waals surface area contributed by atoms with Gasteiger partial charge in [-0.3, -0.25) is 4.57 Å². The largest absolute Gasteiger partial charge is 0.309 e. The molecule has 50 heavy (non-hydrogen) atoms. The molecule has 0 aliphatic carbocycles. The molecule has 0 unspecified atom stereocenters. The van der Waals surface area contributed by atoms with Crippen molar-refractivity contribution < 1.29 is 0 Å². The molecule has 3 aromatic heterocycles. The van der Waals surface area contributed by atoms with Crippen molar-refractivity contribution in [2.24, 2.45) is 0 Å². The first-order chi connectivity index (χ1) is 24.8. The number of hydrogen-bond donors (Lipinski definition) is 0. The molecule has 3 nitrogen and oxygen atoms in total. The van der Waals surface area contributed by atoms with E-state index in [0.717, 1.165) is 27.9 Å². The number of aromatic nitrogens is 3. The van der Waals surface area contributed by atoms with Crippen molar-refractivity contribution in [1.82, 2.24) is 14.1 Å². The van der Waals surface area contributed by atoms with E-state index in [9.17, 15) is 0 Å². The Hall–Kier alpha value is -6.71. The van der Waals surface area contributed by atoms with Gasteiger partial charge in [0.1, 0.15) is 5.65 Å². The molecule has 0 bridgehead atoms. The van der Waals surface area contributed by atoms with Crippen LogP contribution in [0.15, 0.2) is 188 Å². The summed E-state index contributed by atoms with van der Waals surface area (Å²) in [7, 11) is 0. The molecular weight excluding hydrogens is 607 g/mol. The molecule has 3 heteroatoms. The van der Waals surface area contributed by atoms with Gasteiger partial charge < -0.3 is 4.57 Å². The second-order valence-corrected chi connectivity index (χ2v) is 12.8. The molecule has 0 amide bonds. The average molecular weight is 638 g/mol. The van der Waals surface area contributed by atoms with Crippen LogP contribution in [0.2, 0.25) is 0 Å². The Bertz CT molecular complexity index is 2840. The molecule has 0 aliphatic heterocycles. The monoisotopic (exact) mass is 637 g/mol. The van der Waals surface area contributed by atoms with E-state index in [2.05, 4.69) is 185 Å². The maximum Gasteiger partial charge on any atom is 0.145 e. The maximum absolute atomic E-state index is 4.90. The van der Waals surface area contributed by atoms with E-state index >= 15 is 0 Å². The maximum atomic E-state index is 4.90. The van der Waals surface area contributed by atoms with Crippen LogP contribution >= 0.6 is 0 Å². The van der Waals surface area contributed by atoms with E-state index in [1.54, 1.807) is 0 Å². The Morgan fingerprint density at radius 3 is 1.78 bits per heavy atom. The Labute approximate surface area is 290 Å². The molecule has 0 fully saturated rings. The standard InChI is InChI=1S/C47H31N3/c1-3-12-32(13-4-1)34-23-26-37(27-24-34)50-45-28-25-36(31-43(45)42-21-11-29-48-47(42)50)39-19-10-20-41-40-18-7-8-22-44(40)49(46(39)41)38-17-9-16-35(30-38)33-14-5-2-6-15-33/h1-31H. The molecule has 0 spiro atoms. The highest BCUT2D eigenvalue weighted by Gasteiger charge is 2.19. The third-order valence-corrected chi connectivity index (χ3v) is 9.98. The van der Waals surface area contributed by atoms with Crippen molar-refractivity contribution in [3.63, 3.8) is 0 Å². The molecule has 3 heterocycles. The summed E-state index contributed by atoms with van der Waals surface area (Å²) >= 11 is 0. The first kappa shape index (κ1) is 28.3. The summed E-state index contributed by atoms with van der Waals surface area (Å²) in [6.45, 7) is 0. The van der Waals surface area contributed by atoms with Gasteiger partial charge in [0.15, 0.2) is 0 Å². The van der Waals surface area contributed by atoms with Crippen LogP contribution in [-0.2, 0) is 0 Å². The zero-order chi connectivity index (χ0) is 33.0. The van der Waals surface area contributed by atoms with Crippen LogP contribution in [0.1, 0.15) is 0 Å². The minimum atomic E-state index is 0.956. The second kappa shape index (κ2) is 11.5. The van der Waals surface area contributed by atoms with E-state index in [1.165, 1.54) is 60.6 Å². The van der Waals surface area contributed by atoms with Crippen LogP contribution in [0, 0.1) is 0 Å². The molecule has 10 rings (SSSR count). The third kappa shape index (κ3) is 4.48. The first-order valence-electron chi connectivity index (χ1n) is 17.1. The first-order valence-corrected chi connectivity index (χ1v) is 17.1. The van der Waals surface area contributed by atoms with Crippen LogP contribution in [0.3, 0.4) is 0 Å². The van der Waals surface area contributed by atoms with Gasteiger partial charge in [0.25, 0.3) is 0 Å². The van der Waals surface area contributed by atoms with Gasteiger partial charge in [-0.25, -0.2) is 4.98 Å². The van der Waals surface area contributed by atoms with Gasteiger partial charge >= 0.3 is 0 Å². The Morgan fingerprint density at radius 2 is 0.960 bits per heavy atom. The number of pyridine rings is 1. The van der Waals surface area contributed by atoms with Crippen molar-refractivity contribution in [3.05, 3.63) is 188 Å². The molecule has 0 aliphatic rings. The van der Waals surface area contributed by atoms with Gasteiger partial charge in [-0.2, -0.15) is 0 Å². The second-order valence-electron chi connectivity index (χ2n) is 12.8. The Balaban J connectivity index is 1.18. The molecule has 0 saturated carbocycles. The Morgan fingerprint density at radius 1 is 0.340 bits per heavy atom. The fourth-order valence-electron chi connectivity index (χ4n) is 7.68. The average Bonchev–Trinajstić information content (AvgIpc) is 3.71. The molecule has 10 aromatic rings. The molecule has 0 radical (unpaired) electrons. The van der Waals surface area contributed by atoms with Gasteiger partial charge in [0, 0.05) is 44.7 Å². The van der Waals surface area contributed by atoms with Gasteiger partial charge in [-0.15, -0.1) is 0 Å². The summed E-state index contributed by atoms with van der Waals surface area (Å²) in [5.74, 6) is 0. The van der Waals surface area contributed by atoms with E-state index < -0.39 is 0 Å². The zero-order valence-corrected chi connectivity index (χ0v) is 27.2. The highest BCUT2D eigenvalue weighted by molar-refractivity contribution is 6.15. The van der Waals surface area contributed by atoms with Crippen LogP contribution in [0.5, 0.6) is 0 Å². The SMILES string of the molecule is c1ccc(-c2ccc(-n3c4ccc(-c5cccc6c7ccccc7n(-c7cccc(-c8ccccc8)c7)c56)cc4c4cccnc43)cc2)cc1. The van der Waals surface area contributed by atoms with E-state index in [1.807, 2.05) is 12.3 Å². The predicted molar refractivity (Wildman–Crippen MR) is 209 cm³/mol. The van der Waals surface area contributed by atoms with E-state index in [4.69, 9.17) is 4.98 Å². The topological polar surface area (TPSA) is 22.8 Å². The smallest absolute Gasteiger partial charge is 0.145 e. The highest BCUT2D eigenvalue weighted by atomic mass is 15.0. The van der Waals surface area contributed by atoms with Gasteiger partial charge in [0.05, 0.1) is 16.6 Å². The summed E-state index contributed by atoms with van der Waals surface area (Å²) in [6.07, 6.45) is 1.89. The van der Waals surface area contributed by atoms with Gasteiger partial charge in [0.2, 0.25) is 0 Å². The van der Waals surface area contributed by atoms with Gasteiger partial charge in [-0.05, 0) is 82.4 Å². The number of hydrogen-bond acceptors (Lipinski definition) is 1. The zero-order valence-electron chi connectivity index (χ0n) is 27.2. The van der Waals surface area contributed by atoms with Crippen LogP contribution in [0.25, 0.3) is 88.5 Å². The third-order valence-electron chi connectivity index (χ3n) is 9.98. The molecular formula is C47H31N3. The van der Waals surface area contributed by atoms with E-state index in [-0.39, 0.29) is 0 Å². The van der Waals surface area contributed by atoms with Crippen molar-refractivity contribution in [1.29, 1.82) is 0 Å². The summed E-state index contributed by atoms with van der Waals surface area (Å²) in [4.78, 5) is 4.90. The summed E-state index contributed by atoms with van der Waals surface area (Å²) in [6, 6.07) is 65.4. The number of rotatable bonds is 5. The number of nitrogens with zero attached hydrogens (tertiary/aromatic N) is 3. The number of para-hydroxylation sites is 2. The quantitative estimate of drug-likeness (QED) is 0.184. The lowest BCUT2D eigenvalue weighted by Gasteiger charge is -2.14. The molecule has 234 valence electrons. The van der Waals surface area contributed by atoms with Gasteiger partial charge in [-0.1, -0.05) is 127 Å². The lowest BCUT2D eigenvalue weighted by molar-refractivity contribution is 1.14. The molecule has 0 saturated heterocycles. The molecule has 0 N–H and O–H groups in total. The van der Waals surface area contributed by atoms with Crippen molar-refractivity contribution in [3.8, 4) is 44.8 Å². The fraction of sp³-hybridized carbons (Fsp3) is 0. The number of benzene rings is 7. The molecule has 0 atom stereocenters. The van der Waals surface area contributed by atoms with Crippen molar-refractivity contribution >= 4 is 43.7 Å². The lowest BCUT2D eigenvalue weighted by atomic mass is 10.00. The Kier molecular flexibility index (Phi) is 6.49. The fourth-order valence-corrected chi connectivity index (χ4v) is 7.68. The van der Waals surface area contributed by atoms with E-state index in [0.29, 0.717) is 0 Å². The van der Waals surface area contributed by atoms with Crippen molar-refractivity contribution in [2.75, 3.05) is 0 Å². The van der Waals surface area contributed by atoms with Crippen molar-refractivity contribution in [2.45, 2.75) is 0 Å². The van der Waals surface area contributed by atoms with Crippen LogP contribution in [-0.4, -0.2) is 14.1 Å². The lowest BCUT2D eigenvalue weighted by Crippen LogP contribution is -1.96. The highest BCUT2D eigenvalue weighted by Crippen LogP contribution is 2.41. The molecule has 7 aromatic carbocycles. The summed E-state index contributed by atoms with van der Waals surface area (Å²) in [5.41, 5.74) is 13.9. The normalized spacial score (nSPS) is 11.6. The number of fused-ring (bicyclic) bond motifs is 6. The van der Waals surface area contributed by atoms with Crippen LogP contribution in [0.4, 0.5) is 0 Å². The predicted octanol–water partition coefficient (Wildman–Crippen LogP) is 12.3. The summed E-state index contributed by atoms with van der Waals surface area (Å²) in [5, 5.41) is 4.81. The minimum Gasteiger partial charge on any atom is -0.309 e.